The van der Waals surface area contributed by atoms with Gasteiger partial charge in [-0.2, -0.15) is 11.8 Å². The maximum Gasteiger partial charge on any atom is 0.253 e. The summed E-state index contributed by atoms with van der Waals surface area (Å²) in [6.07, 6.45) is 2.03. The van der Waals surface area contributed by atoms with Gasteiger partial charge in [-0.3, -0.25) is 4.79 Å². The van der Waals surface area contributed by atoms with E-state index in [0.29, 0.717) is 23.8 Å². The minimum absolute atomic E-state index is 0.265. The van der Waals surface area contributed by atoms with Gasteiger partial charge in [0.05, 0.1) is 17.1 Å². The molecule has 2 aromatic rings. The van der Waals surface area contributed by atoms with Gasteiger partial charge < -0.3 is 14.8 Å². The summed E-state index contributed by atoms with van der Waals surface area (Å²) in [5.74, 6) is 1.50. The first-order chi connectivity index (χ1) is 9.67. The molecule has 1 amide bonds. The summed E-state index contributed by atoms with van der Waals surface area (Å²) >= 11 is 3.14. The van der Waals surface area contributed by atoms with Crippen molar-refractivity contribution in [3.05, 3.63) is 29.5 Å². The van der Waals surface area contributed by atoms with E-state index in [4.69, 9.17) is 4.42 Å². The van der Waals surface area contributed by atoms with Crippen LogP contribution in [0.1, 0.15) is 12.1 Å². The highest BCUT2D eigenvalue weighted by atomic mass is 32.2. The van der Waals surface area contributed by atoms with E-state index in [-0.39, 0.29) is 12.5 Å². The molecule has 1 fully saturated rings. The predicted molar refractivity (Wildman–Crippen MR) is 78.6 cm³/mol. The molecule has 0 aliphatic carbocycles. The molecule has 0 aromatic carbocycles. The molecular formula is C13H14N2O3S2. The van der Waals surface area contributed by atoms with Crippen LogP contribution in [0.25, 0.3) is 10.8 Å². The van der Waals surface area contributed by atoms with Gasteiger partial charge >= 0.3 is 0 Å². The van der Waals surface area contributed by atoms with Crippen LogP contribution in [-0.2, 0) is 11.3 Å². The van der Waals surface area contributed by atoms with Crippen LogP contribution in [0.15, 0.2) is 28.2 Å². The maximum absolute atomic E-state index is 11.9. The normalized spacial score (nSPS) is 22.1. The topological polar surface area (TPSA) is 75.4 Å². The summed E-state index contributed by atoms with van der Waals surface area (Å²) in [4.78, 5) is 17.2. The fraction of sp³-hybridized carbons (Fsp3) is 0.385. The Balaban J connectivity index is 1.60. The molecule has 2 aromatic heterocycles. The number of hydrogen-bond acceptors (Lipinski definition) is 6. The van der Waals surface area contributed by atoms with Crippen molar-refractivity contribution in [3.8, 4) is 10.8 Å². The fourth-order valence-electron chi connectivity index (χ4n) is 1.97. The quantitative estimate of drug-likeness (QED) is 0.902. The minimum atomic E-state index is -1.23. The third kappa shape index (κ3) is 2.74. The molecule has 7 heteroatoms. The van der Waals surface area contributed by atoms with Crippen molar-refractivity contribution in [2.45, 2.75) is 18.6 Å². The summed E-state index contributed by atoms with van der Waals surface area (Å²) in [5.41, 5.74) is -0.582. The van der Waals surface area contributed by atoms with Crippen molar-refractivity contribution in [2.75, 3.05) is 11.5 Å². The number of oxazole rings is 1. The lowest BCUT2D eigenvalue weighted by molar-refractivity contribution is -0.137. The highest BCUT2D eigenvalue weighted by Gasteiger charge is 2.39. The number of carbonyl (C=O) groups is 1. The van der Waals surface area contributed by atoms with Gasteiger partial charge in [0.1, 0.15) is 6.26 Å². The Morgan fingerprint density at radius 2 is 2.50 bits per heavy atom. The number of thiophene rings is 1. The smallest absolute Gasteiger partial charge is 0.253 e. The van der Waals surface area contributed by atoms with Gasteiger partial charge in [-0.05, 0) is 23.6 Å². The summed E-state index contributed by atoms with van der Waals surface area (Å²) in [6.45, 7) is 0.265. The summed E-state index contributed by atoms with van der Waals surface area (Å²) in [5, 5.41) is 14.8. The van der Waals surface area contributed by atoms with E-state index in [1.807, 2.05) is 17.5 Å². The van der Waals surface area contributed by atoms with Crippen LogP contribution >= 0.6 is 23.1 Å². The monoisotopic (exact) mass is 310 g/mol. The zero-order valence-electron chi connectivity index (χ0n) is 10.7. The van der Waals surface area contributed by atoms with Crippen LogP contribution < -0.4 is 5.32 Å². The lowest BCUT2D eigenvalue weighted by Crippen LogP contribution is -2.46. The van der Waals surface area contributed by atoms with Gasteiger partial charge in [-0.25, -0.2) is 4.98 Å². The number of nitrogens with zero attached hydrogens (tertiary/aromatic N) is 1. The number of nitrogens with one attached hydrogen (secondary N) is 1. The van der Waals surface area contributed by atoms with Crippen LogP contribution in [0, 0.1) is 0 Å². The molecule has 20 heavy (non-hydrogen) atoms. The number of aromatic nitrogens is 1. The Kier molecular flexibility index (Phi) is 3.82. The van der Waals surface area contributed by atoms with Crippen molar-refractivity contribution >= 4 is 29.0 Å². The molecule has 1 aliphatic heterocycles. The van der Waals surface area contributed by atoms with Crippen LogP contribution in [0.3, 0.4) is 0 Å². The number of amides is 1. The summed E-state index contributed by atoms with van der Waals surface area (Å²) < 4.78 is 5.37. The van der Waals surface area contributed by atoms with E-state index in [1.54, 1.807) is 23.1 Å². The Morgan fingerprint density at radius 1 is 1.60 bits per heavy atom. The summed E-state index contributed by atoms with van der Waals surface area (Å²) in [6, 6.07) is 3.86. The second-order valence-electron chi connectivity index (χ2n) is 4.64. The Hall–Kier alpha value is -1.31. The molecule has 1 atom stereocenters. The number of thioether (sulfide) groups is 1. The standard InChI is InChI=1S/C13H14N2O3S2/c16-12(13(17)3-5-19-8-13)14-6-9-7-18-11(15-9)10-2-1-4-20-10/h1-2,4,7,17H,3,5-6,8H2,(H,14,16). The number of aliphatic hydroxyl groups is 1. The van der Waals surface area contributed by atoms with Gasteiger partial charge in [0, 0.05) is 5.75 Å². The molecule has 106 valence electrons. The molecule has 3 heterocycles. The first kappa shape index (κ1) is 13.7. The molecule has 2 N–H and O–H groups in total. The lowest BCUT2D eigenvalue weighted by Gasteiger charge is -2.19. The molecular weight excluding hydrogens is 296 g/mol. The number of rotatable bonds is 4. The fourth-order valence-corrected chi connectivity index (χ4v) is 3.87. The average molecular weight is 310 g/mol. The number of hydrogen-bond donors (Lipinski definition) is 2. The highest BCUT2D eigenvalue weighted by molar-refractivity contribution is 7.99. The zero-order chi connectivity index (χ0) is 14.0. The van der Waals surface area contributed by atoms with E-state index in [0.717, 1.165) is 10.6 Å². The Bertz CT molecular complexity index is 589. The summed E-state index contributed by atoms with van der Waals surface area (Å²) in [7, 11) is 0. The van der Waals surface area contributed by atoms with Crippen molar-refractivity contribution < 1.29 is 14.3 Å². The van der Waals surface area contributed by atoms with Crippen molar-refractivity contribution in [1.82, 2.24) is 10.3 Å². The van der Waals surface area contributed by atoms with E-state index in [2.05, 4.69) is 10.3 Å². The zero-order valence-corrected chi connectivity index (χ0v) is 12.3. The molecule has 0 saturated carbocycles. The second kappa shape index (κ2) is 5.59. The SMILES string of the molecule is O=C(NCc1coc(-c2cccs2)n1)C1(O)CCSC1. The van der Waals surface area contributed by atoms with Crippen LogP contribution in [0.2, 0.25) is 0 Å². The third-order valence-electron chi connectivity index (χ3n) is 3.14. The highest BCUT2D eigenvalue weighted by Crippen LogP contribution is 2.28. The molecule has 0 spiro atoms. The van der Waals surface area contributed by atoms with E-state index in [1.165, 1.54) is 6.26 Å². The molecule has 3 rings (SSSR count). The predicted octanol–water partition coefficient (Wildman–Crippen LogP) is 1.89. The van der Waals surface area contributed by atoms with Gasteiger partial charge in [0.2, 0.25) is 5.89 Å². The maximum atomic E-state index is 11.9. The van der Waals surface area contributed by atoms with E-state index < -0.39 is 5.60 Å². The Morgan fingerprint density at radius 3 is 3.20 bits per heavy atom. The third-order valence-corrected chi connectivity index (χ3v) is 5.17. The lowest BCUT2D eigenvalue weighted by atomic mass is 10.0. The van der Waals surface area contributed by atoms with Gasteiger partial charge in [0.15, 0.2) is 5.60 Å². The molecule has 0 radical (unpaired) electrons. The molecule has 1 unspecified atom stereocenters. The first-order valence-electron chi connectivity index (χ1n) is 6.24. The first-order valence-corrected chi connectivity index (χ1v) is 8.27. The molecule has 1 saturated heterocycles. The van der Waals surface area contributed by atoms with Crippen LogP contribution in [0.4, 0.5) is 0 Å². The van der Waals surface area contributed by atoms with E-state index in [9.17, 15) is 9.90 Å². The largest absolute Gasteiger partial charge is 0.443 e. The Labute approximate surface area is 124 Å². The van der Waals surface area contributed by atoms with E-state index >= 15 is 0 Å². The van der Waals surface area contributed by atoms with Crippen LogP contribution in [-0.4, -0.2) is 33.1 Å². The van der Waals surface area contributed by atoms with Gasteiger partial charge in [-0.1, -0.05) is 6.07 Å². The average Bonchev–Trinajstić information content (AvgIpc) is 3.17. The van der Waals surface area contributed by atoms with Gasteiger partial charge in [0.25, 0.3) is 5.91 Å². The van der Waals surface area contributed by atoms with Gasteiger partial charge in [-0.15, -0.1) is 11.3 Å². The van der Waals surface area contributed by atoms with Crippen molar-refractivity contribution in [1.29, 1.82) is 0 Å². The second-order valence-corrected chi connectivity index (χ2v) is 6.69. The molecule has 5 nitrogen and oxygen atoms in total. The minimum Gasteiger partial charge on any atom is -0.443 e. The molecule has 0 bridgehead atoms. The van der Waals surface area contributed by atoms with Crippen molar-refractivity contribution in [2.24, 2.45) is 0 Å². The molecule has 1 aliphatic rings. The van der Waals surface area contributed by atoms with Crippen LogP contribution in [0.5, 0.6) is 0 Å². The van der Waals surface area contributed by atoms with Crippen molar-refractivity contribution in [3.63, 3.8) is 0 Å². The number of carbonyl (C=O) groups excluding carboxylic acids is 1.